The van der Waals surface area contributed by atoms with Gasteiger partial charge in [-0.2, -0.15) is 5.10 Å². The highest BCUT2D eigenvalue weighted by Gasteiger charge is 2.33. The van der Waals surface area contributed by atoms with Crippen LogP contribution in [0.15, 0.2) is 47.7 Å². The van der Waals surface area contributed by atoms with E-state index in [0.29, 0.717) is 5.41 Å². The van der Waals surface area contributed by atoms with Crippen LogP contribution in [-0.2, 0) is 11.2 Å². The molecule has 1 aromatic heterocycles. The van der Waals surface area contributed by atoms with Crippen LogP contribution in [0.1, 0.15) is 37.7 Å². The minimum Gasteiger partial charge on any atom is -0.385 e. The van der Waals surface area contributed by atoms with Crippen LogP contribution in [0.2, 0.25) is 0 Å². The highest BCUT2D eigenvalue weighted by atomic mass is 127. The maximum atomic E-state index is 5.33. The fourth-order valence-electron chi connectivity index (χ4n) is 3.99. The number of ether oxygens (including phenoxy) is 1. The van der Waals surface area contributed by atoms with Crippen LogP contribution in [0.25, 0.3) is 5.69 Å². The van der Waals surface area contributed by atoms with E-state index in [0.717, 1.165) is 44.2 Å². The summed E-state index contributed by atoms with van der Waals surface area (Å²) in [7, 11) is 3.62. The van der Waals surface area contributed by atoms with E-state index in [2.05, 4.69) is 39.1 Å². The molecule has 0 unspecified atom stereocenters. The van der Waals surface area contributed by atoms with Gasteiger partial charge in [0.15, 0.2) is 5.96 Å². The van der Waals surface area contributed by atoms with Crippen molar-refractivity contribution < 1.29 is 4.74 Å². The number of methoxy groups -OCH3 is 1. The highest BCUT2D eigenvalue weighted by molar-refractivity contribution is 14.0. The summed E-state index contributed by atoms with van der Waals surface area (Å²) in [4.78, 5) is 4.39. The molecule has 1 saturated carbocycles. The number of aromatic nitrogens is 2. The van der Waals surface area contributed by atoms with Crippen LogP contribution in [-0.4, -0.2) is 49.6 Å². The zero-order chi connectivity index (χ0) is 19.7. The SMILES string of the molecule is CN=C(NCCc1cnn(-c2ccccc2)c1)NCC1(CCOC)CCCC1.I. The van der Waals surface area contributed by atoms with Gasteiger partial charge in [0.25, 0.3) is 0 Å². The van der Waals surface area contributed by atoms with E-state index in [-0.39, 0.29) is 24.0 Å². The third-order valence-electron chi connectivity index (χ3n) is 5.72. The minimum atomic E-state index is 0. The number of nitrogens with zero attached hydrogens (tertiary/aromatic N) is 3. The van der Waals surface area contributed by atoms with Crippen molar-refractivity contribution in [1.82, 2.24) is 20.4 Å². The first-order chi connectivity index (χ1) is 13.7. The van der Waals surface area contributed by atoms with E-state index >= 15 is 0 Å². The lowest BCUT2D eigenvalue weighted by molar-refractivity contribution is 0.138. The van der Waals surface area contributed by atoms with Crippen LogP contribution in [0.4, 0.5) is 0 Å². The Labute approximate surface area is 191 Å². The van der Waals surface area contributed by atoms with Gasteiger partial charge in [0, 0.05) is 40.1 Å². The summed E-state index contributed by atoms with van der Waals surface area (Å²) in [6.07, 6.45) is 11.2. The van der Waals surface area contributed by atoms with E-state index in [1.807, 2.05) is 36.1 Å². The molecule has 1 heterocycles. The van der Waals surface area contributed by atoms with Gasteiger partial charge in [-0.3, -0.25) is 4.99 Å². The highest BCUT2D eigenvalue weighted by Crippen LogP contribution is 2.40. The third-order valence-corrected chi connectivity index (χ3v) is 5.72. The van der Waals surface area contributed by atoms with Gasteiger partial charge in [0.1, 0.15) is 0 Å². The average molecular weight is 511 g/mol. The smallest absolute Gasteiger partial charge is 0.191 e. The minimum absolute atomic E-state index is 0. The molecule has 0 aliphatic heterocycles. The molecule has 0 saturated heterocycles. The standard InChI is InChI=1S/C22H33N5O.HI/c1-23-21(25-18-22(13-15-28-2)11-6-7-12-22)24-14-10-19-16-26-27(17-19)20-8-4-3-5-9-20;/h3-5,8-9,16-17H,6-7,10-15,18H2,1-2H3,(H2,23,24,25);1H. The van der Waals surface area contributed by atoms with Crippen LogP contribution >= 0.6 is 24.0 Å². The van der Waals surface area contributed by atoms with E-state index in [1.165, 1.54) is 31.2 Å². The Morgan fingerprint density at radius 3 is 2.66 bits per heavy atom. The Hall–Kier alpha value is -1.61. The molecule has 1 aromatic carbocycles. The molecule has 29 heavy (non-hydrogen) atoms. The van der Waals surface area contributed by atoms with Crippen molar-refractivity contribution in [2.24, 2.45) is 10.4 Å². The van der Waals surface area contributed by atoms with E-state index < -0.39 is 0 Å². The predicted octanol–water partition coefficient (Wildman–Crippen LogP) is 3.79. The molecular formula is C22H34IN5O. The molecule has 1 aliphatic carbocycles. The number of rotatable bonds is 9. The number of benzene rings is 1. The van der Waals surface area contributed by atoms with Crippen LogP contribution in [0.3, 0.4) is 0 Å². The van der Waals surface area contributed by atoms with Crippen molar-refractivity contribution >= 4 is 29.9 Å². The monoisotopic (exact) mass is 511 g/mol. The van der Waals surface area contributed by atoms with E-state index in [1.54, 1.807) is 7.11 Å². The maximum absolute atomic E-state index is 5.33. The van der Waals surface area contributed by atoms with Crippen molar-refractivity contribution in [3.05, 3.63) is 48.3 Å². The second-order valence-electron chi connectivity index (χ2n) is 7.68. The summed E-state index contributed by atoms with van der Waals surface area (Å²) in [6, 6.07) is 10.2. The zero-order valence-corrected chi connectivity index (χ0v) is 19.9. The molecule has 0 bridgehead atoms. The number of guanidine groups is 1. The Morgan fingerprint density at radius 1 is 1.21 bits per heavy atom. The van der Waals surface area contributed by atoms with Crippen LogP contribution in [0, 0.1) is 5.41 Å². The quantitative estimate of drug-likeness (QED) is 0.306. The van der Waals surface area contributed by atoms with Crippen molar-refractivity contribution in [3.8, 4) is 5.69 Å². The summed E-state index contributed by atoms with van der Waals surface area (Å²) >= 11 is 0. The molecule has 7 heteroatoms. The number of nitrogens with one attached hydrogen (secondary N) is 2. The largest absolute Gasteiger partial charge is 0.385 e. The zero-order valence-electron chi connectivity index (χ0n) is 17.6. The molecule has 160 valence electrons. The molecule has 1 fully saturated rings. The van der Waals surface area contributed by atoms with Gasteiger partial charge >= 0.3 is 0 Å². The van der Waals surface area contributed by atoms with Crippen molar-refractivity contribution in [3.63, 3.8) is 0 Å². The summed E-state index contributed by atoms with van der Waals surface area (Å²) in [6.45, 7) is 2.62. The number of halogens is 1. The van der Waals surface area contributed by atoms with E-state index in [4.69, 9.17) is 4.74 Å². The first-order valence-electron chi connectivity index (χ1n) is 10.3. The molecule has 2 aromatic rings. The second kappa shape index (κ2) is 12.2. The molecule has 3 rings (SSSR count). The second-order valence-corrected chi connectivity index (χ2v) is 7.68. The lowest BCUT2D eigenvalue weighted by Crippen LogP contribution is -2.43. The lowest BCUT2D eigenvalue weighted by Gasteiger charge is -2.29. The summed E-state index contributed by atoms with van der Waals surface area (Å²) in [5, 5.41) is 11.4. The normalized spacial score (nSPS) is 15.7. The fourth-order valence-corrected chi connectivity index (χ4v) is 3.99. The van der Waals surface area contributed by atoms with Gasteiger partial charge in [-0.25, -0.2) is 4.68 Å². The van der Waals surface area contributed by atoms with E-state index in [9.17, 15) is 0 Å². The lowest BCUT2D eigenvalue weighted by atomic mass is 9.83. The maximum Gasteiger partial charge on any atom is 0.191 e. The van der Waals surface area contributed by atoms with Gasteiger partial charge in [-0.15, -0.1) is 24.0 Å². The van der Waals surface area contributed by atoms with Crippen LogP contribution in [0.5, 0.6) is 0 Å². The third kappa shape index (κ3) is 6.99. The van der Waals surface area contributed by atoms with Gasteiger partial charge in [0.2, 0.25) is 0 Å². The molecule has 0 spiro atoms. The van der Waals surface area contributed by atoms with Crippen LogP contribution < -0.4 is 10.6 Å². The molecule has 0 amide bonds. The Balaban J connectivity index is 0.00000300. The number of para-hydroxylation sites is 1. The molecule has 1 aliphatic rings. The van der Waals surface area contributed by atoms with Gasteiger partial charge in [-0.05, 0) is 48.8 Å². The first-order valence-corrected chi connectivity index (χ1v) is 10.3. The molecule has 2 N–H and O–H groups in total. The summed E-state index contributed by atoms with van der Waals surface area (Å²) in [5.41, 5.74) is 2.64. The predicted molar refractivity (Wildman–Crippen MR) is 129 cm³/mol. The number of aliphatic imine (C=N–C) groups is 1. The average Bonchev–Trinajstić information content (AvgIpc) is 3.40. The van der Waals surface area contributed by atoms with Gasteiger partial charge < -0.3 is 15.4 Å². The molecular weight excluding hydrogens is 477 g/mol. The van der Waals surface area contributed by atoms with Crippen molar-refractivity contribution in [2.75, 3.05) is 33.9 Å². The molecule has 6 nitrogen and oxygen atoms in total. The first kappa shape index (κ1) is 23.7. The fraction of sp³-hybridized carbons (Fsp3) is 0.545. The number of hydrogen-bond donors (Lipinski definition) is 2. The molecule has 0 radical (unpaired) electrons. The summed E-state index contributed by atoms with van der Waals surface area (Å²) in [5.74, 6) is 0.874. The van der Waals surface area contributed by atoms with Gasteiger partial charge in [0.05, 0.1) is 11.9 Å². The van der Waals surface area contributed by atoms with Gasteiger partial charge in [-0.1, -0.05) is 31.0 Å². The Morgan fingerprint density at radius 2 is 1.97 bits per heavy atom. The molecule has 0 atom stereocenters. The Bertz CT molecular complexity index is 741. The topological polar surface area (TPSA) is 63.5 Å². The van der Waals surface area contributed by atoms with Crippen molar-refractivity contribution in [1.29, 1.82) is 0 Å². The van der Waals surface area contributed by atoms with Crippen molar-refractivity contribution in [2.45, 2.75) is 38.5 Å². The number of hydrogen-bond acceptors (Lipinski definition) is 3. The summed E-state index contributed by atoms with van der Waals surface area (Å²) < 4.78 is 7.25. The Kier molecular flexibility index (Phi) is 9.93.